The minimum absolute atomic E-state index is 0.987. The lowest BCUT2D eigenvalue weighted by Crippen LogP contribution is -2.11. The summed E-state index contributed by atoms with van der Waals surface area (Å²) in [4.78, 5) is 2.37. The Morgan fingerprint density at radius 3 is 2.00 bits per heavy atom. The van der Waals surface area contributed by atoms with E-state index in [0.29, 0.717) is 0 Å². The van der Waals surface area contributed by atoms with Crippen molar-refractivity contribution in [1.82, 2.24) is 0 Å². The lowest BCUT2D eigenvalue weighted by atomic mass is 9.98. The fraction of sp³-hybridized carbons (Fsp3) is 0.0233. The van der Waals surface area contributed by atoms with Crippen LogP contribution >= 0.6 is 15.9 Å². The molecule has 2 aliphatic carbocycles. The zero-order valence-corrected chi connectivity index (χ0v) is 26.2. The smallest absolute Gasteiger partial charge is 0.103 e. The van der Waals surface area contributed by atoms with Crippen LogP contribution in [0.1, 0.15) is 16.7 Å². The summed E-state index contributed by atoms with van der Waals surface area (Å²) in [5, 5.41) is 0. The lowest BCUT2D eigenvalue weighted by Gasteiger charge is -2.28. The molecule has 0 fully saturated rings. The van der Waals surface area contributed by atoms with Crippen LogP contribution in [0, 0.1) is 6.08 Å². The van der Waals surface area contributed by atoms with Crippen molar-refractivity contribution < 1.29 is 0 Å². The predicted molar refractivity (Wildman–Crippen MR) is 193 cm³/mol. The summed E-state index contributed by atoms with van der Waals surface area (Å²) in [6, 6.07) is 50.7. The molecule has 0 aromatic heterocycles. The van der Waals surface area contributed by atoms with Crippen LogP contribution in [-0.4, -0.2) is 0 Å². The molecule has 0 bridgehead atoms. The maximum absolute atomic E-state index is 3.64. The summed E-state index contributed by atoms with van der Waals surface area (Å²) in [6.45, 7) is 0. The average molecular weight is 640 g/mol. The molecule has 0 saturated heterocycles. The highest BCUT2D eigenvalue weighted by molar-refractivity contribution is 9.10. The molecule has 2 heteroatoms. The van der Waals surface area contributed by atoms with Gasteiger partial charge >= 0.3 is 0 Å². The quantitative estimate of drug-likeness (QED) is 0.164. The van der Waals surface area contributed by atoms with Gasteiger partial charge in [-0.05, 0) is 106 Å². The number of benzene rings is 6. The van der Waals surface area contributed by atoms with Gasteiger partial charge < -0.3 is 4.90 Å². The van der Waals surface area contributed by atoms with Gasteiger partial charge in [-0.1, -0.05) is 94.8 Å². The zero-order valence-electron chi connectivity index (χ0n) is 24.6. The summed E-state index contributed by atoms with van der Waals surface area (Å²) in [5.41, 5.74) is 16.0. The van der Waals surface area contributed by atoms with Gasteiger partial charge in [0.25, 0.3) is 0 Å². The van der Waals surface area contributed by atoms with Crippen LogP contribution < -0.4 is 4.90 Å². The van der Waals surface area contributed by atoms with Crippen LogP contribution in [0.5, 0.6) is 0 Å². The minimum atomic E-state index is 0.987. The highest BCUT2D eigenvalue weighted by Gasteiger charge is 2.20. The number of halogens is 1. The van der Waals surface area contributed by atoms with E-state index in [4.69, 9.17) is 0 Å². The van der Waals surface area contributed by atoms with Gasteiger partial charge in [0.05, 0.1) is 23.4 Å². The molecule has 212 valence electrons. The molecule has 6 aromatic rings. The molecule has 0 atom stereocenters. The van der Waals surface area contributed by atoms with Gasteiger partial charge in [-0.25, -0.2) is 0 Å². The molecular weight excluding hydrogens is 610 g/mol. The topological polar surface area (TPSA) is 3.24 Å². The van der Waals surface area contributed by atoms with E-state index in [1.807, 2.05) is 12.2 Å². The minimum Gasteiger partial charge on any atom is -0.310 e. The summed E-state index contributed by atoms with van der Waals surface area (Å²) in [6.07, 6.45) is 12.2. The standard InChI is InChI=1S/C43H29BrN/c44-37-21-26-40-36(28-37)27-35-16-15-34(29-42(35)40)32-19-24-39(25-20-32)45(38-22-17-31(18-23-38)30-9-3-1-4-10-30)43-14-8-7-13-41(43)33-11-5-2-6-12-33/h2-26,28-29H,27H2/q+1. The molecule has 6 aromatic carbocycles. The van der Waals surface area contributed by atoms with E-state index in [-0.39, 0.29) is 0 Å². The van der Waals surface area contributed by atoms with E-state index in [2.05, 4.69) is 179 Å². The Morgan fingerprint density at radius 2 is 1.24 bits per heavy atom. The summed E-state index contributed by atoms with van der Waals surface area (Å²) >= 11 is 3.64. The summed E-state index contributed by atoms with van der Waals surface area (Å²) in [7, 11) is 0. The average Bonchev–Trinajstić information content (AvgIpc) is 3.47. The van der Waals surface area contributed by atoms with Gasteiger partial charge in [0.1, 0.15) is 12.2 Å². The monoisotopic (exact) mass is 638 g/mol. The molecule has 2 aliphatic rings. The van der Waals surface area contributed by atoms with E-state index in [9.17, 15) is 0 Å². The van der Waals surface area contributed by atoms with Crippen LogP contribution in [-0.2, 0) is 6.42 Å². The van der Waals surface area contributed by atoms with Gasteiger partial charge in [-0.3, -0.25) is 0 Å². The molecule has 0 radical (unpaired) electrons. The fourth-order valence-corrected chi connectivity index (χ4v) is 6.89. The third kappa shape index (κ3) is 5.25. The van der Waals surface area contributed by atoms with E-state index in [0.717, 1.165) is 28.0 Å². The third-order valence-electron chi connectivity index (χ3n) is 8.71. The molecule has 0 amide bonds. The Balaban J connectivity index is 1.20. The van der Waals surface area contributed by atoms with Crippen molar-refractivity contribution >= 4 is 38.6 Å². The third-order valence-corrected chi connectivity index (χ3v) is 9.21. The highest BCUT2D eigenvalue weighted by Crippen LogP contribution is 2.43. The molecule has 0 saturated carbocycles. The van der Waals surface area contributed by atoms with E-state index in [1.54, 1.807) is 0 Å². The molecule has 0 heterocycles. The van der Waals surface area contributed by atoms with E-state index >= 15 is 0 Å². The molecule has 45 heavy (non-hydrogen) atoms. The first-order valence-electron chi connectivity index (χ1n) is 15.2. The Hall–Kier alpha value is -5.27. The van der Waals surface area contributed by atoms with Crippen molar-refractivity contribution in [3.8, 4) is 33.4 Å². The SMILES string of the molecule is Brc1ccc2c(c1)Cc1ccc(-c3ccc(N(c4ccc(C5=CC=[C+]C=C5)cc4)c4ccccc4-c4ccccc4)cc3)cc1-2. The highest BCUT2D eigenvalue weighted by atomic mass is 79.9. The first-order chi connectivity index (χ1) is 22.2. The largest absolute Gasteiger partial charge is 0.310 e. The molecule has 0 N–H and O–H groups in total. The molecule has 0 spiro atoms. The second kappa shape index (κ2) is 11.7. The van der Waals surface area contributed by atoms with Crippen LogP contribution in [0.4, 0.5) is 17.1 Å². The second-order valence-corrected chi connectivity index (χ2v) is 12.4. The molecule has 1 nitrogen and oxygen atoms in total. The van der Waals surface area contributed by atoms with Gasteiger partial charge in [-0.15, -0.1) is 0 Å². The predicted octanol–water partition coefficient (Wildman–Crippen LogP) is 12.1. The first kappa shape index (κ1) is 27.3. The van der Waals surface area contributed by atoms with Crippen LogP contribution in [0.15, 0.2) is 168 Å². The van der Waals surface area contributed by atoms with E-state index in [1.165, 1.54) is 55.6 Å². The normalized spacial score (nSPS) is 12.7. The van der Waals surface area contributed by atoms with Gasteiger partial charge in [0.2, 0.25) is 0 Å². The van der Waals surface area contributed by atoms with Crippen molar-refractivity contribution in [1.29, 1.82) is 0 Å². The number of fused-ring (bicyclic) bond motifs is 3. The second-order valence-electron chi connectivity index (χ2n) is 11.5. The maximum atomic E-state index is 3.64. The van der Waals surface area contributed by atoms with Crippen molar-refractivity contribution in [2.75, 3.05) is 4.90 Å². The molecule has 8 rings (SSSR count). The number of hydrogen-bond donors (Lipinski definition) is 0. The summed E-state index contributed by atoms with van der Waals surface area (Å²) in [5.74, 6) is 0. The fourth-order valence-electron chi connectivity index (χ4n) is 6.48. The number of para-hydroxylation sites is 1. The maximum Gasteiger partial charge on any atom is 0.103 e. The van der Waals surface area contributed by atoms with Crippen molar-refractivity contribution in [3.05, 3.63) is 191 Å². The number of hydrogen-bond acceptors (Lipinski definition) is 1. The Kier molecular flexibility index (Phi) is 7.08. The molecular formula is C43H29BrN+. The number of rotatable bonds is 6. The van der Waals surface area contributed by atoms with Crippen molar-refractivity contribution in [2.24, 2.45) is 0 Å². The van der Waals surface area contributed by atoms with Crippen LogP contribution in [0.25, 0.3) is 39.0 Å². The van der Waals surface area contributed by atoms with Crippen molar-refractivity contribution in [3.63, 3.8) is 0 Å². The number of anilines is 3. The van der Waals surface area contributed by atoms with Gasteiger partial charge in [-0.2, -0.15) is 0 Å². The Bertz CT molecular complexity index is 2120. The van der Waals surface area contributed by atoms with Crippen LogP contribution in [0.2, 0.25) is 0 Å². The first-order valence-corrected chi connectivity index (χ1v) is 16.0. The number of allylic oxidation sites excluding steroid dienone is 6. The van der Waals surface area contributed by atoms with Crippen molar-refractivity contribution in [2.45, 2.75) is 6.42 Å². The summed E-state index contributed by atoms with van der Waals surface area (Å²) < 4.78 is 1.14. The lowest BCUT2D eigenvalue weighted by molar-refractivity contribution is 1.26. The Labute approximate surface area is 273 Å². The van der Waals surface area contributed by atoms with Gasteiger partial charge in [0, 0.05) is 33.1 Å². The zero-order chi connectivity index (χ0) is 30.2. The van der Waals surface area contributed by atoms with Crippen LogP contribution in [0.3, 0.4) is 0 Å². The Morgan fingerprint density at radius 1 is 0.533 bits per heavy atom. The number of nitrogens with zero attached hydrogens (tertiary/aromatic N) is 1. The molecule has 0 unspecified atom stereocenters. The van der Waals surface area contributed by atoms with Gasteiger partial charge in [0.15, 0.2) is 0 Å². The van der Waals surface area contributed by atoms with E-state index < -0.39 is 0 Å². The molecule has 0 aliphatic heterocycles.